The Bertz CT molecular complexity index is 418. The van der Waals surface area contributed by atoms with Crippen molar-refractivity contribution in [2.24, 2.45) is 0 Å². The maximum absolute atomic E-state index is 13.3. The van der Waals surface area contributed by atoms with Gasteiger partial charge in [0.15, 0.2) is 0 Å². The van der Waals surface area contributed by atoms with Crippen LogP contribution < -0.4 is 5.32 Å². The molecule has 7 heteroatoms. The highest BCUT2D eigenvalue weighted by Crippen LogP contribution is 2.21. The monoisotopic (exact) mass is 291 g/mol. The van der Waals surface area contributed by atoms with Crippen LogP contribution in [0.5, 0.6) is 0 Å². The van der Waals surface area contributed by atoms with E-state index < -0.39 is 11.6 Å². The molecular weight excluding hydrogens is 276 g/mol. The Kier molecular flexibility index (Phi) is 7.39. The Morgan fingerprint density at radius 3 is 2.84 bits per heavy atom. The number of aliphatic hydroxyl groups excluding tert-OH is 1. The zero-order valence-electron chi connectivity index (χ0n) is 10.2. The van der Waals surface area contributed by atoms with Crippen LogP contribution in [-0.4, -0.2) is 43.1 Å². The highest BCUT2D eigenvalue weighted by atomic mass is 32.2. The molecule has 0 aromatic heterocycles. The van der Waals surface area contributed by atoms with Crippen molar-refractivity contribution >= 4 is 17.7 Å². The molecule has 0 radical (unpaired) electrons. The Labute approximate surface area is 114 Å². The molecule has 0 aliphatic carbocycles. The number of ether oxygens (including phenoxy) is 1. The van der Waals surface area contributed by atoms with Crippen LogP contribution >= 0.6 is 11.8 Å². The number of nitrogens with one attached hydrogen (secondary N) is 1. The molecule has 0 atom stereocenters. The summed E-state index contributed by atoms with van der Waals surface area (Å²) in [5, 5.41) is 11.0. The number of amides is 1. The third-order valence-electron chi connectivity index (χ3n) is 2.06. The molecule has 0 heterocycles. The third-order valence-corrected chi connectivity index (χ3v) is 3.11. The summed E-state index contributed by atoms with van der Waals surface area (Å²) in [5.74, 6) is -1.54. The molecule has 1 rings (SSSR count). The Balaban J connectivity index is 2.22. The van der Waals surface area contributed by atoms with Crippen molar-refractivity contribution in [3.63, 3.8) is 0 Å². The van der Waals surface area contributed by atoms with Gasteiger partial charge in [-0.3, -0.25) is 4.79 Å². The average molecular weight is 291 g/mol. The highest BCUT2D eigenvalue weighted by Gasteiger charge is 2.07. The maximum Gasteiger partial charge on any atom is 0.230 e. The number of aliphatic hydroxyl groups is 1. The first-order valence-corrected chi connectivity index (χ1v) is 6.65. The van der Waals surface area contributed by atoms with E-state index in [9.17, 15) is 13.6 Å². The molecule has 1 amide bonds. The minimum atomic E-state index is -0.677. The second-order valence-electron chi connectivity index (χ2n) is 3.55. The number of rotatable bonds is 8. The van der Waals surface area contributed by atoms with E-state index in [1.165, 1.54) is 6.07 Å². The van der Waals surface area contributed by atoms with Crippen LogP contribution in [-0.2, 0) is 9.53 Å². The lowest BCUT2D eigenvalue weighted by Gasteiger charge is -2.06. The third kappa shape index (κ3) is 6.51. The predicted octanol–water partition coefficient (Wildman–Crippen LogP) is 1.18. The number of carbonyl (C=O) groups is 1. The van der Waals surface area contributed by atoms with Crippen molar-refractivity contribution in [3.05, 3.63) is 29.8 Å². The van der Waals surface area contributed by atoms with E-state index in [4.69, 9.17) is 9.84 Å². The molecule has 0 saturated carbocycles. The van der Waals surface area contributed by atoms with Gasteiger partial charge in [-0.1, -0.05) is 0 Å². The Hall–Kier alpha value is -1.18. The van der Waals surface area contributed by atoms with E-state index in [0.29, 0.717) is 13.2 Å². The molecule has 0 aliphatic rings. The number of halogens is 2. The lowest BCUT2D eigenvalue weighted by Crippen LogP contribution is -2.29. The van der Waals surface area contributed by atoms with Gasteiger partial charge in [-0.15, -0.1) is 11.8 Å². The summed E-state index contributed by atoms with van der Waals surface area (Å²) < 4.78 is 30.9. The molecule has 0 unspecified atom stereocenters. The number of benzene rings is 1. The number of hydrogen-bond acceptors (Lipinski definition) is 4. The minimum absolute atomic E-state index is 0.0442. The topological polar surface area (TPSA) is 58.6 Å². The maximum atomic E-state index is 13.3. The fraction of sp³-hybridized carbons (Fsp3) is 0.417. The standard InChI is InChI=1S/C12H15F2NO3S/c13-9-1-2-11(10(14)7-9)19-8-12(17)15-3-5-18-6-4-16/h1-2,7,16H,3-6,8H2,(H,15,17). The van der Waals surface area contributed by atoms with E-state index >= 15 is 0 Å². The van der Waals surface area contributed by atoms with Gasteiger partial charge in [0.25, 0.3) is 0 Å². The SMILES string of the molecule is O=C(CSc1ccc(F)cc1F)NCCOCCO. The van der Waals surface area contributed by atoms with Gasteiger partial charge in [0, 0.05) is 17.5 Å². The lowest BCUT2D eigenvalue weighted by molar-refractivity contribution is -0.118. The van der Waals surface area contributed by atoms with Gasteiger partial charge in [-0.25, -0.2) is 8.78 Å². The summed E-state index contributed by atoms with van der Waals surface area (Å²) in [7, 11) is 0. The predicted molar refractivity (Wildman–Crippen MR) is 68.0 cm³/mol. The van der Waals surface area contributed by atoms with Crippen LogP contribution in [0.25, 0.3) is 0 Å². The first-order valence-electron chi connectivity index (χ1n) is 5.66. The van der Waals surface area contributed by atoms with E-state index in [-0.39, 0.29) is 29.8 Å². The van der Waals surface area contributed by atoms with Crippen molar-refractivity contribution in [1.82, 2.24) is 5.32 Å². The van der Waals surface area contributed by atoms with Crippen LogP contribution in [0.15, 0.2) is 23.1 Å². The molecule has 2 N–H and O–H groups in total. The molecular formula is C12H15F2NO3S. The van der Waals surface area contributed by atoms with E-state index in [2.05, 4.69) is 5.32 Å². The Morgan fingerprint density at radius 2 is 2.16 bits per heavy atom. The smallest absolute Gasteiger partial charge is 0.230 e. The van der Waals surface area contributed by atoms with Gasteiger partial charge in [0.05, 0.1) is 25.6 Å². The average Bonchev–Trinajstić information content (AvgIpc) is 2.37. The molecule has 0 saturated heterocycles. The van der Waals surface area contributed by atoms with Crippen molar-refractivity contribution in [2.45, 2.75) is 4.90 Å². The molecule has 0 fully saturated rings. The zero-order valence-corrected chi connectivity index (χ0v) is 11.0. The van der Waals surface area contributed by atoms with Crippen LogP contribution in [0.2, 0.25) is 0 Å². The minimum Gasteiger partial charge on any atom is -0.394 e. The van der Waals surface area contributed by atoms with Crippen molar-refractivity contribution in [1.29, 1.82) is 0 Å². The van der Waals surface area contributed by atoms with Gasteiger partial charge in [0.1, 0.15) is 11.6 Å². The van der Waals surface area contributed by atoms with Crippen molar-refractivity contribution in [3.8, 4) is 0 Å². The second kappa shape index (κ2) is 8.84. The van der Waals surface area contributed by atoms with Gasteiger partial charge in [0.2, 0.25) is 5.91 Å². The highest BCUT2D eigenvalue weighted by molar-refractivity contribution is 8.00. The summed E-state index contributed by atoms with van der Waals surface area (Å²) in [6.45, 7) is 0.798. The van der Waals surface area contributed by atoms with Gasteiger partial charge < -0.3 is 15.2 Å². The summed E-state index contributed by atoms with van der Waals surface area (Å²) >= 11 is 0.998. The fourth-order valence-corrected chi connectivity index (χ4v) is 1.97. The molecule has 4 nitrogen and oxygen atoms in total. The quantitative estimate of drug-likeness (QED) is 0.558. The molecule has 0 spiro atoms. The van der Waals surface area contributed by atoms with E-state index in [1.807, 2.05) is 0 Å². The largest absolute Gasteiger partial charge is 0.394 e. The molecule has 106 valence electrons. The summed E-state index contributed by atoms with van der Waals surface area (Å²) in [6.07, 6.45) is 0. The number of hydrogen-bond donors (Lipinski definition) is 2. The van der Waals surface area contributed by atoms with Crippen LogP contribution in [0, 0.1) is 11.6 Å². The van der Waals surface area contributed by atoms with Gasteiger partial charge in [-0.2, -0.15) is 0 Å². The first-order chi connectivity index (χ1) is 9.13. The number of carbonyl (C=O) groups excluding carboxylic acids is 1. The zero-order chi connectivity index (χ0) is 14.1. The van der Waals surface area contributed by atoms with Crippen LogP contribution in [0.3, 0.4) is 0 Å². The van der Waals surface area contributed by atoms with Crippen molar-refractivity contribution < 1.29 is 23.4 Å². The second-order valence-corrected chi connectivity index (χ2v) is 4.57. The van der Waals surface area contributed by atoms with Crippen LogP contribution in [0.1, 0.15) is 0 Å². The lowest BCUT2D eigenvalue weighted by atomic mass is 10.3. The normalized spacial score (nSPS) is 10.5. The van der Waals surface area contributed by atoms with Crippen molar-refractivity contribution in [2.75, 3.05) is 32.1 Å². The summed E-state index contributed by atoms with van der Waals surface area (Å²) in [6, 6.07) is 3.22. The van der Waals surface area contributed by atoms with E-state index in [0.717, 1.165) is 23.9 Å². The first kappa shape index (κ1) is 15.9. The van der Waals surface area contributed by atoms with Crippen LogP contribution in [0.4, 0.5) is 8.78 Å². The van der Waals surface area contributed by atoms with E-state index in [1.54, 1.807) is 0 Å². The molecule has 19 heavy (non-hydrogen) atoms. The summed E-state index contributed by atoms with van der Waals surface area (Å²) in [5.41, 5.74) is 0. The number of thioether (sulfide) groups is 1. The molecule has 1 aromatic rings. The fourth-order valence-electron chi connectivity index (χ4n) is 1.22. The van der Waals surface area contributed by atoms with Gasteiger partial charge >= 0.3 is 0 Å². The van der Waals surface area contributed by atoms with Gasteiger partial charge in [-0.05, 0) is 12.1 Å². The Morgan fingerprint density at radius 1 is 1.37 bits per heavy atom. The molecule has 0 aliphatic heterocycles. The molecule has 1 aromatic carbocycles. The summed E-state index contributed by atoms with van der Waals surface area (Å²) in [4.78, 5) is 11.6. The molecule has 0 bridgehead atoms.